The highest BCUT2D eigenvalue weighted by Gasteiger charge is 2.27. The van der Waals surface area contributed by atoms with Gasteiger partial charge in [0.15, 0.2) is 5.96 Å². The summed E-state index contributed by atoms with van der Waals surface area (Å²) in [6.45, 7) is 5.57. The number of carbonyl (C=O) groups excluding carboxylic acids is 1. The third kappa shape index (κ3) is 5.53. The Labute approximate surface area is 169 Å². The molecule has 1 aromatic heterocycles. The predicted molar refractivity (Wildman–Crippen MR) is 112 cm³/mol. The molecule has 1 unspecified atom stereocenters. The van der Waals surface area contributed by atoms with Crippen LogP contribution in [0.2, 0.25) is 0 Å². The smallest absolute Gasteiger partial charge is 0.232 e. The van der Waals surface area contributed by atoms with E-state index >= 15 is 0 Å². The minimum absolute atomic E-state index is 0.119. The molecule has 1 aliphatic rings. The molecule has 1 aromatic carbocycles. The van der Waals surface area contributed by atoms with Crippen molar-refractivity contribution in [1.82, 2.24) is 20.5 Å². The Balaban J connectivity index is 1.63. The highest BCUT2D eigenvalue weighted by molar-refractivity contribution is 7.11. The van der Waals surface area contributed by atoms with Crippen molar-refractivity contribution in [3.05, 3.63) is 52.0 Å². The van der Waals surface area contributed by atoms with Crippen LogP contribution in [0, 0.1) is 6.92 Å². The predicted octanol–water partition coefficient (Wildman–Crippen LogP) is 1.76. The Morgan fingerprint density at radius 2 is 2.04 bits per heavy atom. The van der Waals surface area contributed by atoms with Crippen LogP contribution in [0.3, 0.4) is 0 Å². The van der Waals surface area contributed by atoms with Crippen molar-refractivity contribution in [2.24, 2.45) is 4.99 Å². The van der Waals surface area contributed by atoms with Gasteiger partial charge in [-0.25, -0.2) is 4.98 Å². The second-order valence-corrected chi connectivity index (χ2v) is 7.89. The number of thiazole rings is 1. The van der Waals surface area contributed by atoms with Gasteiger partial charge in [0.05, 0.1) is 25.7 Å². The van der Waals surface area contributed by atoms with Gasteiger partial charge in [-0.2, -0.15) is 0 Å². The number of aryl methyl sites for hydroxylation is 1. The molecule has 2 heterocycles. The Hall–Kier alpha value is -2.45. The molecule has 3 rings (SSSR count). The van der Waals surface area contributed by atoms with Crippen LogP contribution in [-0.4, -0.2) is 61.6 Å². The number of aliphatic imine (C=N–C) groups is 1. The number of carbonyl (C=O) groups is 1. The zero-order valence-corrected chi connectivity index (χ0v) is 17.2. The first-order chi connectivity index (χ1) is 13.7. The Morgan fingerprint density at radius 1 is 1.29 bits per heavy atom. The van der Waals surface area contributed by atoms with Crippen LogP contribution in [0.1, 0.15) is 21.4 Å². The number of nitrogens with zero attached hydrogens (tertiary/aromatic N) is 3. The maximum absolute atomic E-state index is 13.1. The molecule has 1 amide bonds. The third-order valence-corrected chi connectivity index (χ3v) is 5.51. The van der Waals surface area contributed by atoms with Crippen LogP contribution < -0.4 is 10.6 Å². The molecule has 28 heavy (non-hydrogen) atoms. The molecule has 0 radical (unpaired) electrons. The first-order valence-electron chi connectivity index (χ1n) is 9.44. The van der Waals surface area contributed by atoms with Gasteiger partial charge in [0, 0.05) is 37.8 Å². The summed E-state index contributed by atoms with van der Waals surface area (Å²) in [5, 5.41) is 7.57. The van der Waals surface area contributed by atoms with Gasteiger partial charge in [-0.3, -0.25) is 9.79 Å². The molecule has 1 atom stereocenters. The number of rotatable bonds is 6. The number of hydrogen-bond acceptors (Lipinski definition) is 5. The van der Waals surface area contributed by atoms with E-state index in [2.05, 4.69) is 20.6 Å². The summed E-state index contributed by atoms with van der Waals surface area (Å²) in [5.41, 5.74) is 0.998. The van der Waals surface area contributed by atoms with E-state index in [1.54, 1.807) is 18.4 Å². The summed E-state index contributed by atoms with van der Waals surface area (Å²) in [6.07, 6.45) is 1.87. The fourth-order valence-electron chi connectivity index (χ4n) is 3.10. The van der Waals surface area contributed by atoms with E-state index in [0.717, 1.165) is 10.6 Å². The third-order valence-electron chi connectivity index (χ3n) is 4.60. The summed E-state index contributed by atoms with van der Waals surface area (Å²) in [4.78, 5) is 24.8. The maximum Gasteiger partial charge on any atom is 0.232 e. The van der Waals surface area contributed by atoms with E-state index in [9.17, 15) is 4.79 Å². The molecule has 2 N–H and O–H groups in total. The van der Waals surface area contributed by atoms with Crippen LogP contribution in [-0.2, 0) is 16.1 Å². The first-order valence-corrected chi connectivity index (χ1v) is 10.3. The van der Waals surface area contributed by atoms with Gasteiger partial charge in [0.25, 0.3) is 0 Å². The maximum atomic E-state index is 13.1. The standard InChI is InChI=1S/C20H27N5O2S/c1-15-12-22-18(28-15)14-24-20(21-2)23-13-17(16-6-4-3-5-7-16)19(26)25-8-10-27-11-9-25/h3-7,12,17H,8-11,13-14H2,1-2H3,(H2,21,23,24). The van der Waals surface area contributed by atoms with Crippen molar-refractivity contribution in [3.63, 3.8) is 0 Å². The molecular weight excluding hydrogens is 374 g/mol. The summed E-state index contributed by atoms with van der Waals surface area (Å²) >= 11 is 1.66. The summed E-state index contributed by atoms with van der Waals surface area (Å²) in [6, 6.07) is 9.89. The van der Waals surface area contributed by atoms with Gasteiger partial charge in [-0.05, 0) is 12.5 Å². The van der Waals surface area contributed by atoms with Crippen LogP contribution >= 0.6 is 11.3 Å². The lowest BCUT2D eigenvalue weighted by Gasteiger charge is -2.31. The molecule has 7 nitrogen and oxygen atoms in total. The molecule has 1 saturated heterocycles. The Bertz CT molecular complexity index is 787. The fourth-order valence-corrected chi connectivity index (χ4v) is 3.83. The van der Waals surface area contributed by atoms with E-state index in [4.69, 9.17) is 4.74 Å². The molecule has 0 aliphatic carbocycles. The van der Waals surface area contributed by atoms with E-state index < -0.39 is 0 Å². The first kappa shape index (κ1) is 20.3. The zero-order valence-electron chi connectivity index (χ0n) is 16.4. The quantitative estimate of drug-likeness (QED) is 0.570. The van der Waals surface area contributed by atoms with Gasteiger partial charge >= 0.3 is 0 Å². The van der Waals surface area contributed by atoms with Crippen molar-refractivity contribution < 1.29 is 9.53 Å². The fraction of sp³-hybridized carbons (Fsp3) is 0.450. The van der Waals surface area contributed by atoms with Gasteiger partial charge in [-0.1, -0.05) is 30.3 Å². The molecule has 2 aromatic rings. The summed E-state index contributed by atoms with van der Waals surface area (Å²) < 4.78 is 5.38. The van der Waals surface area contributed by atoms with Crippen LogP contribution in [0.25, 0.3) is 0 Å². The number of amides is 1. The monoisotopic (exact) mass is 401 g/mol. The topological polar surface area (TPSA) is 78.8 Å². The highest BCUT2D eigenvalue weighted by Crippen LogP contribution is 2.19. The molecule has 8 heteroatoms. The SMILES string of the molecule is CN=C(NCc1ncc(C)s1)NCC(C(=O)N1CCOCC1)c1ccccc1. The molecule has 0 saturated carbocycles. The molecule has 1 aliphatic heterocycles. The van der Waals surface area contributed by atoms with Crippen molar-refractivity contribution in [3.8, 4) is 0 Å². The largest absolute Gasteiger partial charge is 0.378 e. The number of ether oxygens (including phenoxy) is 1. The lowest BCUT2D eigenvalue weighted by atomic mass is 9.97. The van der Waals surface area contributed by atoms with E-state index in [0.29, 0.717) is 45.4 Å². The average Bonchev–Trinajstić information content (AvgIpc) is 3.16. The van der Waals surface area contributed by atoms with E-state index in [1.807, 2.05) is 48.4 Å². The zero-order chi connectivity index (χ0) is 19.8. The Kier molecular flexibility index (Phi) is 7.39. The van der Waals surface area contributed by atoms with Gasteiger partial charge in [0.1, 0.15) is 5.01 Å². The number of benzene rings is 1. The second kappa shape index (κ2) is 10.2. The van der Waals surface area contributed by atoms with Crippen LogP contribution in [0.5, 0.6) is 0 Å². The van der Waals surface area contributed by atoms with E-state index in [-0.39, 0.29) is 11.8 Å². The lowest BCUT2D eigenvalue weighted by Crippen LogP contribution is -2.47. The Morgan fingerprint density at radius 3 is 2.68 bits per heavy atom. The van der Waals surface area contributed by atoms with Gasteiger partial charge < -0.3 is 20.3 Å². The van der Waals surface area contributed by atoms with Crippen LogP contribution in [0.4, 0.5) is 0 Å². The lowest BCUT2D eigenvalue weighted by molar-refractivity contribution is -0.136. The normalized spacial score (nSPS) is 15.9. The number of nitrogens with one attached hydrogen (secondary N) is 2. The van der Waals surface area contributed by atoms with Crippen LogP contribution in [0.15, 0.2) is 41.5 Å². The molecule has 1 fully saturated rings. The number of aromatic nitrogens is 1. The molecular formula is C20H27N5O2S. The van der Waals surface area contributed by atoms with Crippen molar-refractivity contribution in [2.45, 2.75) is 19.4 Å². The average molecular weight is 402 g/mol. The van der Waals surface area contributed by atoms with Gasteiger partial charge in [-0.15, -0.1) is 11.3 Å². The number of morpholine rings is 1. The van der Waals surface area contributed by atoms with Gasteiger partial charge in [0.2, 0.25) is 5.91 Å². The van der Waals surface area contributed by atoms with E-state index in [1.165, 1.54) is 4.88 Å². The minimum Gasteiger partial charge on any atom is -0.378 e. The second-order valence-electron chi connectivity index (χ2n) is 6.57. The number of hydrogen-bond donors (Lipinski definition) is 2. The highest BCUT2D eigenvalue weighted by atomic mass is 32.1. The molecule has 0 spiro atoms. The minimum atomic E-state index is -0.278. The van der Waals surface area contributed by atoms with Crippen molar-refractivity contribution >= 4 is 23.2 Å². The number of guanidine groups is 1. The van der Waals surface area contributed by atoms with Crippen molar-refractivity contribution in [2.75, 3.05) is 39.9 Å². The summed E-state index contributed by atoms with van der Waals surface area (Å²) in [7, 11) is 1.73. The van der Waals surface area contributed by atoms with Crippen molar-refractivity contribution in [1.29, 1.82) is 0 Å². The molecule has 150 valence electrons. The molecule has 0 bridgehead atoms. The summed E-state index contributed by atoms with van der Waals surface area (Å²) in [5.74, 6) is 0.497.